The van der Waals surface area contributed by atoms with E-state index in [4.69, 9.17) is 17.3 Å². The molecule has 7 nitrogen and oxygen atoms in total. The zero-order valence-electron chi connectivity index (χ0n) is 15.8. The minimum atomic E-state index is -0.349. The number of nitro benzene ring substituents is 1. The lowest BCUT2D eigenvalue weighted by Crippen LogP contribution is -2.32. The van der Waals surface area contributed by atoms with Crippen LogP contribution in [0.5, 0.6) is 0 Å². The zero-order chi connectivity index (χ0) is 19.8. The largest absolute Gasteiger partial charge is 0.349 e. The van der Waals surface area contributed by atoms with E-state index in [0.29, 0.717) is 17.9 Å². The molecule has 1 atom stereocenters. The van der Waals surface area contributed by atoms with Crippen molar-refractivity contribution in [2.24, 2.45) is 7.05 Å². The number of hydrogen-bond donors (Lipinski definition) is 0. The quantitative estimate of drug-likeness (QED) is 0.373. The SMILES string of the molecule is C[C@@H]1Cc2cc([N+](=O)[O-])ccc2N1Cn1nc(Cc2ccccc2)n(C)c1=S. The predicted molar refractivity (Wildman–Crippen MR) is 110 cm³/mol. The van der Waals surface area contributed by atoms with Crippen LogP contribution in [0.4, 0.5) is 11.4 Å². The third-order valence-electron chi connectivity index (χ3n) is 5.25. The van der Waals surface area contributed by atoms with Gasteiger partial charge in [-0.1, -0.05) is 30.3 Å². The molecular weight excluding hydrogens is 374 g/mol. The number of anilines is 1. The van der Waals surface area contributed by atoms with Gasteiger partial charge in [-0.3, -0.25) is 10.1 Å². The van der Waals surface area contributed by atoms with Gasteiger partial charge in [0, 0.05) is 37.3 Å². The van der Waals surface area contributed by atoms with Gasteiger partial charge >= 0.3 is 0 Å². The van der Waals surface area contributed by atoms with Crippen molar-refractivity contribution >= 4 is 23.6 Å². The van der Waals surface area contributed by atoms with Gasteiger partial charge in [0.15, 0.2) is 4.77 Å². The number of benzene rings is 2. The van der Waals surface area contributed by atoms with Gasteiger partial charge in [-0.25, -0.2) is 4.68 Å². The maximum absolute atomic E-state index is 11.1. The van der Waals surface area contributed by atoms with Crippen molar-refractivity contribution < 1.29 is 4.92 Å². The first-order valence-electron chi connectivity index (χ1n) is 9.14. The van der Waals surface area contributed by atoms with Crippen LogP contribution in [0.3, 0.4) is 0 Å². The molecule has 0 fully saturated rings. The number of rotatable bonds is 5. The van der Waals surface area contributed by atoms with Crippen LogP contribution in [-0.4, -0.2) is 25.3 Å². The van der Waals surface area contributed by atoms with Gasteiger partial charge in [0.05, 0.1) is 4.92 Å². The molecule has 1 aromatic heterocycles. The summed E-state index contributed by atoms with van der Waals surface area (Å²) in [6.45, 7) is 2.64. The molecule has 0 spiro atoms. The maximum Gasteiger partial charge on any atom is 0.269 e. The number of hydrogen-bond acceptors (Lipinski definition) is 5. The van der Waals surface area contributed by atoms with Gasteiger partial charge in [0.2, 0.25) is 0 Å². The molecule has 3 aromatic rings. The van der Waals surface area contributed by atoms with Crippen molar-refractivity contribution in [2.45, 2.75) is 32.5 Å². The Morgan fingerprint density at radius 1 is 1.25 bits per heavy atom. The van der Waals surface area contributed by atoms with E-state index in [1.165, 1.54) is 5.56 Å². The lowest BCUT2D eigenvalue weighted by molar-refractivity contribution is -0.384. The van der Waals surface area contributed by atoms with Gasteiger partial charge in [0.1, 0.15) is 12.5 Å². The number of nitro groups is 1. The first-order valence-corrected chi connectivity index (χ1v) is 9.55. The topological polar surface area (TPSA) is 69.1 Å². The van der Waals surface area contributed by atoms with E-state index >= 15 is 0 Å². The normalized spacial score (nSPS) is 15.6. The molecule has 0 aliphatic carbocycles. The number of non-ortho nitro benzene ring substituents is 1. The molecule has 2 aromatic carbocycles. The Bertz CT molecular complexity index is 1090. The molecule has 0 saturated heterocycles. The van der Waals surface area contributed by atoms with Crippen LogP contribution in [0.25, 0.3) is 0 Å². The van der Waals surface area contributed by atoms with Gasteiger partial charge in [0.25, 0.3) is 5.69 Å². The smallest absolute Gasteiger partial charge is 0.269 e. The standard InChI is InChI=1S/C20H21N5O2S/c1-14-10-16-12-17(25(26)27)8-9-18(16)23(14)13-24-20(28)22(2)19(21-24)11-15-6-4-3-5-7-15/h3-9,12,14H,10-11,13H2,1-2H3/t14-/m1/s1. The molecule has 0 amide bonds. The first-order chi connectivity index (χ1) is 13.4. The minimum Gasteiger partial charge on any atom is -0.349 e. The lowest BCUT2D eigenvalue weighted by atomic mass is 10.1. The third-order valence-corrected chi connectivity index (χ3v) is 5.74. The minimum absolute atomic E-state index is 0.132. The molecule has 1 aliphatic heterocycles. The summed E-state index contributed by atoms with van der Waals surface area (Å²) in [6, 6.07) is 15.5. The van der Waals surface area contributed by atoms with E-state index in [1.54, 1.807) is 12.1 Å². The lowest BCUT2D eigenvalue weighted by Gasteiger charge is -2.24. The monoisotopic (exact) mass is 395 g/mol. The van der Waals surface area contributed by atoms with Gasteiger partial charge in [-0.2, -0.15) is 5.10 Å². The highest BCUT2D eigenvalue weighted by Crippen LogP contribution is 2.35. The van der Waals surface area contributed by atoms with Crippen LogP contribution < -0.4 is 4.90 Å². The summed E-state index contributed by atoms with van der Waals surface area (Å²) >= 11 is 5.60. The molecule has 1 aliphatic rings. The van der Waals surface area contributed by atoms with Crippen LogP contribution in [0, 0.1) is 14.9 Å². The average molecular weight is 395 g/mol. The van der Waals surface area contributed by atoms with Crippen molar-refractivity contribution in [1.82, 2.24) is 14.3 Å². The van der Waals surface area contributed by atoms with Crippen molar-refractivity contribution in [3.63, 3.8) is 0 Å². The Kier molecular flexibility index (Phi) is 4.72. The van der Waals surface area contributed by atoms with Crippen molar-refractivity contribution in [3.05, 3.63) is 80.4 Å². The second kappa shape index (κ2) is 7.20. The summed E-state index contributed by atoms with van der Waals surface area (Å²) in [7, 11) is 1.94. The van der Waals surface area contributed by atoms with E-state index < -0.39 is 0 Å². The molecule has 28 heavy (non-hydrogen) atoms. The highest BCUT2D eigenvalue weighted by atomic mass is 32.1. The molecule has 144 valence electrons. The Labute approximate surface area is 168 Å². The van der Waals surface area contributed by atoms with Gasteiger partial charge in [-0.05, 0) is 42.8 Å². The van der Waals surface area contributed by atoms with Gasteiger partial charge < -0.3 is 9.47 Å². The Morgan fingerprint density at radius 2 is 2.00 bits per heavy atom. The fourth-order valence-corrected chi connectivity index (χ4v) is 3.92. The van der Waals surface area contributed by atoms with Crippen LogP contribution in [0.15, 0.2) is 48.5 Å². The predicted octanol–water partition coefficient (Wildman–Crippen LogP) is 3.86. The summed E-state index contributed by atoms with van der Waals surface area (Å²) in [5, 5.41) is 15.8. The van der Waals surface area contributed by atoms with E-state index in [1.807, 2.05) is 40.6 Å². The van der Waals surface area contributed by atoms with Crippen LogP contribution in [0.2, 0.25) is 0 Å². The highest BCUT2D eigenvalue weighted by molar-refractivity contribution is 7.71. The Morgan fingerprint density at radius 3 is 2.71 bits per heavy atom. The summed E-state index contributed by atoms with van der Waals surface area (Å²) in [5.74, 6) is 0.909. The molecule has 8 heteroatoms. The van der Waals surface area contributed by atoms with Crippen LogP contribution >= 0.6 is 12.2 Å². The number of fused-ring (bicyclic) bond motifs is 1. The molecule has 0 unspecified atom stereocenters. The highest BCUT2D eigenvalue weighted by Gasteiger charge is 2.28. The molecule has 0 radical (unpaired) electrons. The summed E-state index contributed by atoms with van der Waals surface area (Å²) in [5.41, 5.74) is 3.32. The average Bonchev–Trinajstić information content (AvgIpc) is 3.13. The zero-order valence-corrected chi connectivity index (χ0v) is 16.6. The maximum atomic E-state index is 11.1. The number of aromatic nitrogens is 3. The molecule has 4 rings (SSSR count). The van der Waals surface area contributed by atoms with Crippen molar-refractivity contribution in [2.75, 3.05) is 4.90 Å². The first kappa shape index (κ1) is 18.4. The fourth-order valence-electron chi connectivity index (χ4n) is 3.71. The summed E-state index contributed by atoms with van der Waals surface area (Å²) in [4.78, 5) is 12.9. The Balaban J connectivity index is 1.61. The van der Waals surface area contributed by atoms with E-state index in [9.17, 15) is 10.1 Å². The van der Waals surface area contributed by atoms with Crippen molar-refractivity contribution in [3.8, 4) is 0 Å². The second-order valence-corrected chi connectivity index (χ2v) is 7.52. The molecular formula is C20H21N5O2S. The Hall–Kier alpha value is -3.00. The van der Waals surface area contributed by atoms with Crippen LogP contribution in [0.1, 0.15) is 23.9 Å². The summed E-state index contributed by atoms with van der Waals surface area (Å²) < 4.78 is 4.44. The fraction of sp³-hybridized carbons (Fsp3) is 0.300. The second-order valence-electron chi connectivity index (χ2n) is 7.15. The van der Waals surface area contributed by atoms with Crippen LogP contribution in [-0.2, 0) is 26.6 Å². The molecule has 2 heterocycles. The van der Waals surface area contributed by atoms with E-state index in [0.717, 1.165) is 23.5 Å². The van der Waals surface area contributed by atoms with Gasteiger partial charge in [-0.15, -0.1) is 0 Å². The van der Waals surface area contributed by atoms with E-state index in [2.05, 4.69) is 24.0 Å². The number of nitrogens with zero attached hydrogens (tertiary/aromatic N) is 5. The van der Waals surface area contributed by atoms with Crippen molar-refractivity contribution in [1.29, 1.82) is 0 Å². The van der Waals surface area contributed by atoms with E-state index in [-0.39, 0.29) is 16.7 Å². The molecule has 0 saturated carbocycles. The molecule has 0 bridgehead atoms. The third kappa shape index (κ3) is 3.31. The molecule has 0 N–H and O–H groups in total. The summed E-state index contributed by atoms with van der Waals surface area (Å²) in [6.07, 6.45) is 1.49.